The third kappa shape index (κ3) is 3.06. The quantitative estimate of drug-likeness (QED) is 0.749. The van der Waals surface area contributed by atoms with Crippen molar-refractivity contribution < 1.29 is 9.18 Å². The van der Waals surface area contributed by atoms with E-state index in [2.05, 4.69) is 15.9 Å². The Morgan fingerprint density at radius 3 is 2.70 bits per heavy atom. The molecule has 2 rings (SSSR count). The third-order valence-electron chi connectivity index (χ3n) is 2.77. The summed E-state index contributed by atoms with van der Waals surface area (Å²) in [6.45, 7) is 0. The zero-order valence-electron chi connectivity index (χ0n) is 10.1. The number of hydrogen-bond acceptors (Lipinski definition) is 2. The Morgan fingerprint density at radius 2 is 2.05 bits per heavy atom. The lowest BCUT2D eigenvalue weighted by Gasteiger charge is -2.10. The maximum Gasteiger partial charge on any atom is 0.187 e. The van der Waals surface area contributed by atoms with Crippen LogP contribution in [0.15, 0.2) is 46.9 Å². The largest absolute Gasteiger partial charge is 0.292 e. The van der Waals surface area contributed by atoms with Gasteiger partial charge in [-0.05, 0) is 35.9 Å². The summed E-state index contributed by atoms with van der Waals surface area (Å²) in [4.78, 5) is 12.3. The lowest BCUT2D eigenvalue weighted by Crippen LogP contribution is -2.13. The summed E-state index contributed by atoms with van der Waals surface area (Å²) in [6.07, 6.45) is 0. The van der Waals surface area contributed by atoms with Crippen molar-refractivity contribution in [3.63, 3.8) is 0 Å². The molecule has 1 atom stereocenters. The van der Waals surface area contributed by atoms with Crippen LogP contribution in [0.25, 0.3) is 0 Å². The number of halogens is 3. The second-order valence-electron chi connectivity index (χ2n) is 4.11. The van der Waals surface area contributed by atoms with Gasteiger partial charge < -0.3 is 0 Å². The van der Waals surface area contributed by atoms with Gasteiger partial charge in [0.15, 0.2) is 5.78 Å². The first-order chi connectivity index (χ1) is 9.52. The minimum Gasteiger partial charge on any atom is -0.292 e. The molecule has 0 fully saturated rings. The summed E-state index contributed by atoms with van der Waals surface area (Å²) in [6, 6.07) is 12.4. The van der Waals surface area contributed by atoms with E-state index >= 15 is 0 Å². The minimum absolute atomic E-state index is 0.120. The van der Waals surface area contributed by atoms with E-state index in [0.29, 0.717) is 15.1 Å². The van der Waals surface area contributed by atoms with Gasteiger partial charge in [0.05, 0.1) is 11.6 Å². The fraction of sp³-hybridized carbons (Fsp3) is 0.0667. The molecule has 0 saturated heterocycles. The summed E-state index contributed by atoms with van der Waals surface area (Å²) in [5, 5.41) is 9.64. The van der Waals surface area contributed by atoms with Crippen LogP contribution in [0.5, 0.6) is 0 Å². The van der Waals surface area contributed by atoms with E-state index < -0.39 is 17.5 Å². The van der Waals surface area contributed by atoms with E-state index in [9.17, 15) is 14.4 Å². The third-order valence-corrected chi connectivity index (χ3v) is 3.50. The molecule has 0 radical (unpaired) electrons. The minimum atomic E-state index is -1.09. The summed E-state index contributed by atoms with van der Waals surface area (Å²) in [5.74, 6) is -2.33. The molecule has 0 N–H and O–H groups in total. The zero-order valence-corrected chi connectivity index (χ0v) is 12.5. The molecule has 0 spiro atoms. The van der Waals surface area contributed by atoms with Gasteiger partial charge in [-0.2, -0.15) is 5.26 Å². The SMILES string of the molecule is N#CC(C(=O)c1cc(Br)ccc1F)c1cccc(Cl)c1. The highest BCUT2D eigenvalue weighted by atomic mass is 79.9. The molecule has 0 amide bonds. The highest BCUT2D eigenvalue weighted by Crippen LogP contribution is 2.25. The molecule has 0 aromatic heterocycles. The fourth-order valence-electron chi connectivity index (χ4n) is 1.81. The van der Waals surface area contributed by atoms with E-state index in [1.807, 2.05) is 6.07 Å². The topological polar surface area (TPSA) is 40.9 Å². The molecule has 5 heteroatoms. The predicted molar refractivity (Wildman–Crippen MR) is 78.2 cm³/mol. The van der Waals surface area contributed by atoms with Crippen LogP contribution in [0, 0.1) is 17.1 Å². The van der Waals surface area contributed by atoms with Crippen molar-refractivity contribution >= 4 is 33.3 Å². The second-order valence-corrected chi connectivity index (χ2v) is 5.46. The van der Waals surface area contributed by atoms with Crippen LogP contribution in [-0.2, 0) is 0 Å². The number of rotatable bonds is 3. The molecule has 0 aliphatic rings. The number of hydrogen-bond donors (Lipinski definition) is 0. The van der Waals surface area contributed by atoms with Crippen molar-refractivity contribution in [1.82, 2.24) is 0 Å². The van der Waals surface area contributed by atoms with Crippen LogP contribution < -0.4 is 0 Å². The normalized spacial score (nSPS) is 11.7. The monoisotopic (exact) mass is 351 g/mol. The zero-order chi connectivity index (χ0) is 14.7. The van der Waals surface area contributed by atoms with Crippen molar-refractivity contribution in [1.29, 1.82) is 5.26 Å². The van der Waals surface area contributed by atoms with Crippen molar-refractivity contribution in [2.75, 3.05) is 0 Å². The van der Waals surface area contributed by atoms with Crippen LogP contribution >= 0.6 is 27.5 Å². The average Bonchev–Trinajstić information content (AvgIpc) is 2.42. The number of Topliss-reactive ketones (excluding diaryl/α,β-unsaturated/α-hetero) is 1. The average molecular weight is 353 g/mol. The molecule has 1 unspecified atom stereocenters. The summed E-state index contributed by atoms with van der Waals surface area (Å²) < 4.78 is 14.3. The van der Waals surface area contributed by atoms with E-state index in [4.69, 9.17) is 11.6 Å². The van der Waals surface area contributed by atoms with Crippen LogP contribution in [0.1, 0.15) is 21.8 Å². The molecule has 0 heterocycles. The Morgan fingerprint density at radius 1 is 1.30 bits per heavy atom. The smallest absolute Gasteiger partial charge is 0.187 e. The summed E-state index contributed by atoms with van der Waals surface area (Å²) in [7, 11) is 0. The van der Waals surface area contributed by atoms with Crippen molar-refractivity contribution in [2.45, 2.75) is 5.92 Å². The molecule has 2 aromatic rings. The Labute approximate surface area is 128 Å². The van der Waals surface area contributed by atoms with Gasteiger partial charge in [-0.1, -0.05) is 39.7 Å². The first-order valence-corrected chi connectivity index (χ1v) is 6.84. The first kappa shape index (κ1) is 14.7. The van der Waals surface area contributed by atoms with Gasteiger partial charge >= 0.3 is 0 Å². The fourth-order valence-corrected chi connectivity index (χ4v) is 2.37. The van der Waals surface area contributed by atoms with Crippen LogP contribution in [0.3, 0.4) is 0 Å². The standard InChI is InChI=1S/C15H8BrClFNO/c16-10-4-5-14(18)12(7-10)15(20)13(8-19)9-2-1-3-11(17)6-9/h1-7,13H. The van der Waals surface area contributed by atoms with Crippen molar-refractivity contribution in [3.8, 4) is 6.07 Å². The Hall–Kier alpha value is -1.70. The molecule has 0 aliphatic heterocycles. The molecule has 2 aromatic carbocycles. The maximum atomic E-state index is 13.7. The summed E-state index contributed by atoms with van der Waals surface area (Å²) >= 11 is 9.03. The second kappa shape index (κ2) is 6.17. The number of nitriles is 1. The lowest BCUT2D eigenvalue weighted by atomic mass is 9.92. The molecule has 100 valence electrons. The van der Waals surface area contributed by atoms with Crippen molar-refractivity contribution in [3.05, 3.63) is 68.9 Å². The first-order valence-electron chi connectivity index (χ1n) is 5.67. The molecule has 20 heavy (non-hydrogen) atoms. The number of nitrogens with zero attached hydrogens (tertiary/aromatic N) is 1. The van der Waals surface area contributed by atoms with Crippen LogP contribution in [0.2, 0.25) is 5.02 Å². The van der Waals surface area contributed by atoms with Crippen molar-refractivity contribution in [2.24, 2.45) is 0 Å². The van der Waals surface area contributed by atoms with Gasteiger partial charge in [0, 0.05) is 9.50 Å². The van der Waals surface area contributed by atoms with Gasteiger partial charge in [0.2, 0.25) is 0 Å². The Bertz CT molecular complexity index is 711. The number of carbonyl (C=O) groups excluding carboxylic acids is 1. The predicted octanol–water partition coefficient (Wildman–Crippen LogP) is 4.73. The summed E-state index contributed by atoms with van der Waals surface area (Å²) in [5.41, 5.74) is 0.329. The Kier molecular flexibility index (Phi) is 4.53. The molecular weight excluding hydrogens is 345 g/mol. The van der Waals surface area contributed by atoms with Gasteiger partial charge in [-0.25, -0.2) is 4.39 Å². The van der Waals surface area contributed by atoms with Crippen LogP contribution in [-0.4, -0.2) is 5.78 Å². The molecule has 2 nitrogen and oxygen atoms in total. The van der Waals surface area contributed by atoms with Gasteiger partial charge in [0.25, 0.3) is 0 Å². The van der Waals surface area contributed by atoms with Crippen LogP contribution in [0.4, 0.5) is 4.39 Å². The number of carbonyl (C=O) groups is 1. The van der Waals surface area contributed by atoms with Gasteiger partial charge in [-0.15, -0.1) is 0 Å². The number of benzene rings is 2. The van der Waals surface area contributed by atoms with E-state index in [1.54, 1.807) is 18.2 Å². The highest BCUT2D eigenvalue weighted by Gasteiger charge is 2.24. The van der Waals surface area contributed by atoms with E-state index in [1.165, 1.54) is 24.3 Å². The highest BCUT2D eigenvalue weighted by molar-refractivity contribution is 9.10. The molecule has 0 aliphatic carbocycles. The van der Waals surface area contributed by atoms with E-state index in [0.717, 1.165) is 0 Å². The lowest BCUT2D eigenvalue weighted by molar-refractivity contribution is 0.0975. The number of ketones is 1. The molecule has 0 saturated carbocycles. The Balaban J connectivity index is 2.45. The molecular formula is C15H8BrClFNO. The maximum absolute atomic E-state index is 13.7. The van der Waals surface area contributed by atoms with Gasteiger partial charge in [-0.3, -0.25) is 4.79 Å². The van der Waals surface area contributed by atoms with Gasteiger partial charge in [0.1, 0.15) is 11.7 Å². The molecule has 0 bridgehead atoms. The van der Waals surface area contributed by atoms with E-state index in [-0.39, 0.29) is 5.56 Å².